The first kappa shape index (κ1) is 19.4. The largest absolute Gasteiger partial charge is 0.443 e. The summed E-state index contributed by atoms with van der Waals surface area (Å²) in [5, 5.41) is 34.2. The highest BCUT2D eigenvalue weighted by Crippen LogP contribution is 2.39. The number of ether oxygens (including phenoxy) is 1. The van der Waals surface area contributed by atoms with E-state index in [0.717, 1.165) is 25.7 Å². The van der Waals surface area contributed by atoms with E-state index in [1.807, 2.05) is 0 Å². The molecular formula is C19H24N6O5. The summed E-state index contributed by atoms with van der Waals surface area (Å²) in [6.45, 7) is 1.74. The lowest BCUT2D eigenvalue weighted by Crippen LogP contribution is -2.29. The fourth-order valence-corrected chi connectivity index (χ4v) is 4.15. The zero-order chi connectivity index (χ0) is 20.8. The molecule has 0 unspecified atom stereocenters. The Morgan fingerprint density at radius 3 is 2.57 bits per heavy atom. The monoisotopic (exact) mass is 416 g/mol. The number of rotatable bonds is 4. The van der Waals surface area contributed by atoms with E-state index in [1.54, 1.807) is 11.5 Å². The van der Waals surface area contributed by atoms with E-state index in [0.29, 0.717) is 22.7 Å². The standard InChI is InChI=1S/C19H24N6O5/c1-9-6-20-18(29-9)15-13(27)14(28)19(30-15)25-8-23-12-16(21-7-22-17(12)25)24-10-2-4-11(26)5-3-10/h6-8,10-11,13-15,19,26-28H,2-5H2,1H3,(H,21,22,24)/t10?,11?,13-,14+,15-,19+/m0/s1. The molecule has 3 aromatic heterocycles. The second-order valence-electron chi connectivity index (χ2n) is 7.93. The Hall–Kier alpha value is -2.60. The van der Waals surface area contributed by atoms with Gasteiger partial charge in [0.1, 0.15) is 24.3 Å². The molecule has 0 aromatic carbocycles. The summed E-state index contributed by atoms with van der Waals surface area (Å²) < 4.78 is 12.9. The highest BCUT2D eigenvalue weighted by atomic mass is 16.6. The quantitative estimate of drug-likeness (QED) is 0.481. The number of nitrogens with one attached hydrogen (secondary N) is 1. The average Bonchev–Trinajstić information content (AvgIpc) is 3.43. The van der Waals surface area contributed by atoms with Crippen LogP contribution in [0.5, 0.6) is 0 Å². The summed E-state index contributed by atoms with van der Waals surface area (Å²) in [4.78, 5) is 17.2. The number of aryl methyl sites for hydroxylation is 1. The molecule has 3 aromatic rings. The highest BCUT2D eigenvalue weighted by molar-refractivity contribution is 5.82. The van der Waals surface area contributed by atoms with Gasteiger partial charge in [0, 0.05) is 6.04 Å². The van der Waals surface area contributed by atoms with Crippen molar-refractivity contribution < 1.29 is 24.5 Å². The minimum Gasteiger partial charge on any atom is -0.443 e. The molecule has 160 valence electrons. The van der Waals surface area contributed by atoms with Crippen LogP contribution in [0.3, 0.4) is 0 Å². The molecule has 1 saturated carbocycles. The van der Waals surface area contributed by atoms with E-state index in [2.05, 4.69) is 25.3 Å². The van der Waals surface area contributed by atoms with Crippen molar-refractivity contribution in [1.29, 1.82) is 0 Å². The zero-order valence-electron chi connectivity index (χ0n) is 16.4. The first-order valence-corrected chi connectivity index (χ1v) is 10.1. The third-order valence-corrected chi connectivity index (χ3v) is 5.79. The second kappa shape index (κ2) is 7.58. The zero-order valence-corrected chi connectivity index (χ0v) is 16.4. The summed E-state index contributed by atoms with van der Waals surface area (Å²) in [5.74, 6) is 1.39. The first-order valence-electron chi connectivity index (χ1n) is 10.1. The predicted octanol–water partition coefficient (Wildman–Crippen LogP) is 0.830. The van der Waals surface area contributed by atoms with Crippen LogP contribution in [0.25, 0.3) is 11.2 Å². The van der Waals surface area contributed by atoms with Crippen LogP contribution in [-0.2, 0) is 4.74 Å². The van der Waals surface area contributed by atoms with Crippen LogP contribution in [0.1, 0.15) is 49.7 Å². The molecule has 1 saturated heterocycles. The van der Waals surface area contributed by atoms with Crippen LogP contribution in [0.4, 0.5) is 5.82 Å². The Kier molecular flexibility index (Phi) is 4.89. The minimum absolute atomic E-state index is 0.199. The molecule has 0 bridgehead atoms. The van der Waals surface area contributed by atoms with Gasteiger partial charge < -0.3 is 29.8 Å². The molecule has 0 amide bonds. The summed E-state index contributed by atoms with van der Waals surface area (Å²) >= 11 is 0. The number of aromatic nitrogens is 5. The third-order valence-electron chi connectivity index (χ3n) is 5.79. The topological polar surface area (TPSA) is 152 Å². The van der Waals surface area contributed by atoms with E-state index in [-0.39, 0.29) is 18.0 Å². The number of nitrogens with zero attached hydrogens (tertiary/aromatic N) is 5. The fraction of sp³-hybridized carbons (Fsp3) is 0.579. The van der Waals surface area contributed by atoms with Crippen LogP contribution in [-0.4, -0.2) is 64.2 Å². The molecule has 0 radical (unpaired) electrons. The van der Waals surface area contributed by atoms with Crippen LogP contribution in [0.2, 0.25) is 0 Å². The van der Waals surface area contributed by atoms with E-state index in [4.69, 9.17) is 9.15 Å². The van der Waals surface area contributed by atoms with Gasteiger partial charge in [0.15, 0.2) is 29.3 Å². The van der Waals surface area contributed by atoms with Gasteiger partial charge in [-0.05, 0) is 32.6 Å². The molecule has 11 nitrogen and oxygen atoms in total. The number of oxazole rings is 1. The molecular weight excluding hydrogens is 392 g/mol. The molecule has 4 atom stereocenters. The van der Waals surface area contributed by atoms with Gasteiger partial charge >= 0.3 is 0 Å². The highest BCUT2D eigenvalue weighted by Gasteiger charge is 2.47. The number of aliphatic hydroxyl groups excluding tert-OH is 3. The molecule has 1 aliphatic carbocycles. The van der Waals surface area contributed by atoms with Crippen molar-refractivity contribution in [3.63, 3.8) is 0 Å². The number of fused-ring (bicyclic) bond motifs is 1. The molecule has 11 heteroatoms. The van der Waals surface area contributed by atoms with Crippen molar-refractivity contribution in [2.45, 2.75) is 69.3 Å². The van der Waals surface area contributed by atoms with E-state index in [9.17, 15) is 15.3 Å². The van der Waals surface area contributed by atoms with Crippen LogP contribution < -0.4 is 5.32 Å². The Bertz CT molecular complexity index is 1030. The van der Waals surface area contributed by atoms with Crippen molar-refractivity contribution in [1.82, 2.24) is 24.5 Å². The molecule has 0 spiro atoms. The Labute approximate surface area is 171 Å². The van der Waals surface area contributed by atoms with Crippen molar-refractivity contribution >= 4 is 17.0 Å². The van der Waals surface area contributed by atoms with Gasteiger partial charge in [0.2, 0.25) is 5.89 Å². The SMILES string of the molecule is Cc1cnc([C@H]2O[C@@H](n3cnc4c(NC5CCC(O)CC5)ncnc43)[C@H](O)[C@@H]2O)o1. The maximum atomic E-state index is 10.6. The van der Waals surface area contributed by atoms with Gasteiger partial charge in [-0.25, -0.2) is 19.9 Å². The van der Waals surface area contributed by atoms with Crippen LogP contribution in [0, 0.1) is 6.92 Å². The van der Waals surface area contributed by atoms with Gasteiger partial charge in [0.05, 0.1) is 18.6 Å². The van der Waals surface area contributed by atoms with Gasteiger partial charge in [0.25, 0.3) is 0 Å². The number of imidazole rings is 1. The van der Waals surface area contributed by atoms with E-state index in [1.165, 1.54) is 18.9 Å². The number of anilines is 1. The van der Waals surface area contributed by atoms with Crippen molar-refractivity contribution in [3.8, 4) is 0 Å². The Morgan fingerprint density at radius 2 is 1.83 bits per heavy atom. The normalized spacial score (nSPS) is 32.0. The fourth-order valence-electron chi connectivity index (χ4n) is 4.15. The molecule has 5 rings (SSSR count). The third kappa shape index (κ3) is 3.33. The van der Waals surface area contributed by atoms with Gasteiger partial charge in [-0.1, -0.05) is 0 Å². The summed E-state index contributed by atoms with van der Waals surface area (Å²) in [5.41, 5.74) is 1.02. The van der Waals surface area contributed by atoms with Crippen molar-refractivity contribution in [2.75, 3.05) is 5.32 Å². The van der Waals surface area contributed by atoms with Crippen LogP contribution >= 0.6 is 0 Å². The molecule has 4 N–H and O–H groups in total. The van der Waals surface area contributed by atoms with Gasteiger partial charge in [-0.2, -0.15) is 0 Å². The number of hydrogen-bond donors (Lipinski definition) is 4. The second-order valence-corrected chi connectivity index (χ2v) is 7.93. The van der Waals surface area contributed by atoms with Crippen molar-refractivity contribution in [3.05, 3.63) is 30.5 Å². The van der Waals surface area contributed by atoms with E-state index >= 15 is 0 Å². The van der Waals surface area contributed by atoms with Crippen molar-refractivity contribution in [2.24, 2.45) is 0 Å². The maximum Gasteiger partial charge on any atom is 0.226 e. The predicted molar refractivity (Wildman–Crippen MR) is 103 cm³/mol. The molecule has 1 aliphatic heterocycles. The lowest BCUT2D eigenvalue weighted by Gasteiger charge is -2.26. The van der Waals surface area contributed by atoms with Gasteiger partial charge in [-0.15, -0.1) is 0 Å². The lowest BCUT2D eigenvalue weighted by molar-refractivity contribution is -0.0438. The summed E-state index contributed by atoms with van der Waals surface area (Å²) in [7, 11) is 0. The molecule has 4 heterocycles. The summed E-state index contributed by atoms with van der Waals surface area (Å²) in [6, 6.07) is 0.199. The minimum atomic E-state index is -1.22. The number of hydrogen-bond acceptors (Lipinski definition) is 10. The smallest absolute Gasteiger partial charge is 0.226 e. The van der Waals surface area contributed by atoms with Crippen LogP contribution in [0.15, 0.2) is 23.3 Å². The maximum absolute atomic E-state index is 10.6. The Morgan fingerprint density at radius 1 is 1.03 bits per heavy atom. The van der Waals surface area contributed by atoms with E-state index < -0.39 is 24.5 Å². The Balaban J connectivity index is 1.41. The molecule has 30 heavy (non-hydrogen) atoms. The lowest BCUT2D eigenvalue weighted by atomic mass is 9.93. The average molecular weight is 416 g/mol. The number of aliphatic hydroxyl groups is 3. The molecule has 2 fully saturated rings. The molecule has 2 aliphatic rings. The van der Waals surface area contributed by atoms with Gasteiger partial charge in [-0.3, -0.25) is 4.57 Å². The first-order chi connectivity index (χ1) is 14.5. The summed E-state index contributed by atoms with van der Waals surface area (Å²) in [6.07, 6.45) is 3.20.